The summed E-state index contributed by atoms with van der Waals surface area (Å²) in [6.07, 6.45) is 1.97. The third-order valence-corrected chi connectivity index (χ3v) is 4.07. The van der Waals surface area contributed by atoms with E-state index in [2.05, 4.69) is 26.6 Å². The standard InChI is InChI=1S/C12H15BrN2O3S/c1-7(19-2)6-14-12(18)15-8-3-4-10(13)9(5-8)11(16)17/h3-5,7H,6H2,1-2H3,(H,16,17)(H2,14,15,18). The average Bonchev–Trinajstić information content (AvgIpc) is 2.37. The van der Waals surface area contributed by atoms with Gasteiger partial charge in [0, 0.05) is 22.0 Å². The lowest BCUT2D eigenvalue weighted by Crippen LogP contribution is -2.33. The number of halogens is 1. The lowest BCUT2D eigenvalue weighted by atomic mass is 10.2. The van der Waals surface area contributed by atoms with Crippen LogP contribution in [-0.4, -0.2) is 35.2 Å². The highest BCUT2D eigenvalue weighted by Crippen LogP contribution is 2.21. The molecule has 0 saturated heterocycles. The summed E-state index contributed by atoms with van der Waals surface area (Å²) in [5, 5.41) is 14.6. The van der Waals surface area contributed by atoms with Crippen molar-refractivity contribution >= 4 is 45.4 Å². The van der Waals surface area contributed by atoms with Crippen molar-refractivity contribution < 1.29 is 14.7 Å². The molecule has 1 aromatic carbocycles. The molecular formula is C12H15BrN2O3S. The van der Waals surface area contributed by atoms with Crippen LogP contribution in [0.3, 0.4) is 0 Å². The maximum atomic E-state index is 11.6. The van der Waals surface area contributed by atoms with Gasteiger partial charge in [0.15, 0.2) is 0 Å². The molecule has 0 bridgehead atoms. The molecule has 0 aliphatic heterocycles. The van der Waals surface area contributed by atoms with E-state index in [1.165, 1.54) is 6.07 Å². The van der Waals surface area contributed by atoms with Crippen LogP contribution in [0.2, 0.25) is 0 Å². The number of rotatable bonds is 5. The van der Waals surface area contributed by atoms with E-state index in [1.54, 1.807) is 23.9 Å². The molecule has 19 heavy (non-hydrogen) atoms. The quantitative estimate of drug-likeness (QED) is 0.765. The Balaban J connectivity index is 2.64. The maximum absolute atomic E-state index is 11.6. The zero-order valence-electron chi connectivity index (χ0n) is 10.6. The summed E-state index contributed by atoms with van der Waals surface area (Å²) in [7, 11) is 0. The number of carboxylic acid groups (broad SMARTS) is 1. The highest BCUT2D eigenvalue weighted by molar-refractivity contribution is 9.10. The second kappa shape index (κ2) is 7.40. The predicted octanol–water partition coefficient (Wildman–Crippen LogP) is 3.02. The van der Waals surface area contributed by atoms with Crippen molar-refractivity contribution in [2.24, 2.45) is 0 Å². The minimum Gasteiger partial charge on any atom is -0.478 e. The Labute approximate surface area is 124 Å². The number of anilines is 1. The van der Waals surface area contributed by atoms with E-state index in [4.69, 9.17) is 5.11 Å². The normalized spacial score (nSPS) is 11.7. The van der Waals surface area contributed by atoms with E-state index in [1.807, 2.05) is 13.2 Å². The third-order valence-electron chi connectivity index (χ3n) is 2.41. The summed E-state index contributed by atoms with van der Waals surface area (Å²) in [5.74, 6) is -1.05. The van der Waals surface area contributed by atoms with Gasteiger partial charge in [-0.25, -0.2) is 9.59 Å². The molecule has 0 aromatic heterocycles. The molecule has 2 amide bonds. The molecule has 0 aliphatic rings. The van der Waals surface area contributed by atoms with Gasteiger partial charge in [0.25, 0.3) is 0 Å². The second-order valence-electron chi connectivity index (χ2n) is 3.88. The second-order valence-corrected chi connectivity index (χ2v) is 6.01. The van der Waals surface area contributed by atoms with Crippen LogP contribution in [0.4, 0.5) is 10.5 Å². The van der Waals surface area contributed by atoms with Crippen LogP contribution in [0.25, 0.3) is 0 Å². The molecule has 0 fully saturated rings. The molecule has 1 atom stereocenters. The van der Waals surface area contributed by atoms with Crippen LogP contribution < -0.4 is 10.6 Å². The molecule has 0 heterocycles. The Bertz CT molecular complexity index is 482. The van der Waals surface area contributed by atoms with Crippen molar-refractivity contribution in [1.29, 1.82) is 0 Å². The fraction of sp³-hybridized carbons (Fsp3) is 0.333. The number of hydrogen-bond acceptors (Lipinski definition) is 3. The summed E-state index contributed by atoms with van der Waals surface area (Å²) >= 11 is 4.80. The van der Waals surface area contributed by atoms with Gasteiger partial charge in [-0.2, -0.15) is 11.8 Å². The van der Waals surface area contributed by atoms with Crippen molar-refractivity contribution in [3.8, 4) is 0 Å². The number of aromatic carboxylic acids is 1. The Morgan fingerprint density at radius 1 is 1.47 bits per heavy atom. The summed E-state index contributed by atoms with van der Waals surface area (Å²) < 4.78 is 0.474. The molecule has 0 radical (unpaired) electrons. The van der Waals surface area contributed by atoms with Gasteiger partial charge in [0.05, 0.1) is 5.56 Å². The van der Waals surface area contributed by atoms with Crippen LogP contribution in [0.1, 0.15) is 17.3 Å². The summed E-state index contributed by atoms with van der Waals surface area (Å²) in [4.78, 5) is 22.6. The van der Waals surface area contributed by atoms with E-state index in [0.29, 0.717) is 22.0 Å². The summed E-state index contributed by atoms with van der Waals surface area (Å²) in [5.41, 5.74) is 0.546. The molecule has 0 aliphatic carbocycles. The van der Waals surface area contributed by atoms with Gasteiger partial charge in [-0.15, -0.1) is 0 Å². The Morgan fingerprint density at radius 2 is 2.16 bits per heavy atom. The molecule has 1 unspecified atom stereocenters. The van der Waals surface area contributed by atoms with E-state index >= 15 is 0 Å². The van der Waals surface area contributed by atoms with Gasteiger partial charge >= 0.3 is 12.0 Å². The first-order valence-electron chi connectivity index (χ1n) is 5.54. The first-order valence-corrected chi connectivity index (χ1v) is 7.62. The van der Waals surface area contributed by atoms with Crippen LogP contribution in [0, 0.1) is 0 Å². The molecule has 104 valence electrons. The number of hydrogen-bond donors (Lipinski definition) is 3. The van der Waals surface area contributed by atoms with Crippen LogP contribution in [0.15, 0.2) is 22.7 Å². The Hall–Kier alpha value is -1.21. The SMILES string of the molecule is CSC(C)CNC(=O)Nc1ccc(Br)c(C(=O)O)c1. The van der Waals surface area contributed by atoms with Crippen LogP contribution >= 0.6 is 27.7 Å². The minimum absolute atomic E-state index is 0.107. The molecule has 0 spiro atoms. The lowest BCUT2D eigenvalue weighted by Gasteiger charge is -2.11. The highest BCUT2D eigenvalue weighted by Gasteiger charge is 2.10. The van der Waals surface area contributed by atoms with Gasteiger partial charge in [-0.3, -0.25) is 0 Å². The van der Waals surface area contributed by atoms with Crippen molar-refractivity contribution in [2.45, 2.75) is 12.2 Å². The fourth-order valence-electron chi connectivity index (χ4n) is 1.26. The average molecular weight is 347 g/mol. The number of carboxylic acids is 1. The Kier molecular flexibility index (Phi) is 6.17. The largest absolute Gasteiger partial charge is 0.478 e. The predicted molar refractivity (Wildman–Crippen MR) is 81.1 cm³/mol. The number of benzene rings is 1. The first-order chi connectivity index (χ1) is 8.93. The maximum Gasteiger partial charge on any atom is 0.336 e. The zero-order valence-corrected chi connectivity index (χ0v) is 13.0. The van der Waals surface area contributed by atoms with Crippen LogP contribution in [0.5, 0.6) is 0 Å². The zero-order chi connectivity index (χ0) is 14.4. The van der Waals surface area contributed by atoms with E-state index in [9.17, 15) is 9.59 Å². The first kappa shape index (κ1) is 15.8. The van der Waals surface area contributed by atoms with E-state index < -0.39 is 5.97 Å². The summed E-state index contributed by atoms with van der Waals surface area (Å²) in [6.45, 7) is 2.56. The van der Waals surface area contributed by atoms with Crippen molar-refractivity contribution in [3.05, 3.63) is 28.2 Å². The number of carbonyl (C=O) groups excluding carboxylic acids is 1. The Morgan fingerprint density at radius 3 is 2.74 bits per heavy atom. The van der Waals surface area contributed by atoms with E-state index in [-0.39, 0.29) is 11.6 Å². The highest BCUT2D eigenvalue weighted by atomic mass is 79.9. The number of urea groups is 1. The molecular weight excluding hydrogens is 332 g/mol. The summed E-state index contributed by atoms with van der Waals surface area (Å²) in [6, 6.07) is 4.28. The molecule has 7 heteroatoms. The van der Waals surface area contributed by atoms with Gasteiger partial charge in [-0.05, 0) is 40.4 Å². The van der Waals surface area contributed by atoms with Gasteiger partial charge in [0.2, 0.25) is 0 Å². The lowest BCUT2D eigenvalue weighted by molar-refractivity contribution is 0.0696. The molecule has 1 rings (SSSR count). The van der Waals surface area contributed by atoms with Gasteiger partial charge in [-0.1, -0.05) is 6.92 Å². The molecule has 5 nitrogen and oxygen atoms in total. The van der Waals surface area contributed by atoms with E-state index in [0.717, 1.165) is 0 Å². The smallest absolute Gasteiger partial charge is 0.336 e. The molecule has 1 aromatic rings. The fourth-order valence-corrected chi connectivity index (χ4v) is 1.93. The van der Waals surface area contributed by atoms with Gasteiger partial charge in [0.1, 0.15) is 0 Å². The van der Waals surface area contributed by atoms with Crippen LogP contribution in [-0.2, 0) is 0 Å². The number of thioether (sulfide) groups is 1. The van der Waals surface area contributed by atoms with Crippen molar-refractivity contribution in [1.82, 2.24) is 5.32 Å². The topological polar surface area (TPSA) is 78.4 Å². The van der Waals surface area contributed by atoms with Crippen molar-refractivity contribution in [2.75, 3.05) is 18.1 Å². The minimum atomic E-state index is -1.05. The monoisotopic (exact) mass is 346 g/mol. The molecule has 0 saturated carbocycles. The third kappa shape index (κ3) is 5.12. The number of carbonyl (C=O) groups is 2. The number of amides is 2. The molecule has 3 N–H and O–H groups in total. The number of nitrogens with one attached hydrogen (secondary N) is 2. The van der Waals surface area contributed by atoms with Gasteiger partial charge < -0.3 is 15.7 Å². The van der Waals surface area contributed by atoms with Crippen molar-refractivity contribution in [3.63, 3.8) is 0 Å².